The minimum Gasteiger partial charge on any atom is -0.494 e. The van der Waals surface area contributed by atoms with E-state index >= 15 is 0 Å². The highest BCUT2D eigenvalue weighted by molar-refractivity contribution is 7.13. The van der Waals surface area contributed by atoms with Crippen LogP contribution in [0.15, 0.2) is 60.0 Å². The van der Waals surface area contributed by atoms with Gasteiger partial charge in [0.2, 0.25) is 0 Å². The molecule has 0 saturated carbocycles. The van der Waals surface area contributed by atoms with Gasteiger partial charge in [0.05, 0.1) is 18.2 Å². The van der Waals surface area contributed by atoms with E-state index in [1.54, 1.807) is 0 Å². The Morgan fingerprint density at radius 2 is 1.83 bits per heavy atom. The summed E-state index contributed by atoms with van der Waals surface area (Å²) in [4.78, 5) is 28.6. The van der Waals surface area contributed by atoms with Crippen LogP contribution >= 0.6 is 11.3 Å². The Kier molecular flexibility index (Phi) is 7.14. The zero-order chi connectivity index (χ0) is 20.6. The van der Waals surface area contributed by atoms with Crippen LogP contribution in [0, 0.1) is 5.92 Å². The number of nitrogens with zero attached hydrogens (tertiary/aromatic N) is 1. The lowest BCUT2D eigenvalue weighted by Crippen LogP contribution is -2.21. The largest absolute Gasteiger partial charge is 0.494 e. The lowest BCUT2D eigenvalue weighted by Gasteiger charge is -2.11. The third-order valence-corrected chi connectivity index (χ3v) is 5.43. The van der Waals surface area contributed by atoms with Crippen LogP contribution in [0.2, 0.25) is 0 Å². The number of carbonyl (C=O) groups excluding carboxylic acids is 1. The zero-order valence-corrected chi connectivity index (χ0v) is 17.0. The van der Waals surface area contributed by atoms with E-state index in [-0.39, 0.29) is 18.6 Å². The number of carbonyl (C=O) groups is 2. The number of hydrogen-bond acceptors (Lipinski definition) is 5. The standard InChI is InChI=1S/C23H23NO4S/c1-2-28-21-10-8-17(9-11-21)22-24-19(15-29-22)14-20(25)13-18(23(26)27)12-16-6-4-3-5-7-16/h3-11,15,18H,2,12-14H2,1H3,(H,26,27)/t18-/m0/s1. The summed E-state index contributed by atoms with van der Waals surface area (Å²) < 4.78 is 5.44. The summed E-state index contributed by atoms with van der Waals surface area (Å²) in [5, 5.41) is 12.2. The van der Waals surface area contributed by atoms with E-state index in [4.69, 9.17) is 4.74 Å². The quantitative estimate of drug-likeness (QED) is 0.527. The van der Waals surface area contributed by atoms with Crippen molar-refractivity contribution in [2.45, 2.75) is 26.2 Å². The third kappa shape index (κ3) is 5.99. The van der Waals surface area contributed by atoms with Gasteiger partial charge in [-0.1, -0.05) is 30.3 Å². The molecule has 0 aliphatic carbocycles. The molecule has 1 atom stereocenters. The number of hydrogen-bond donors (Lipinski definition) is 1. The minimum atomic E-state index is -0.949. The summed E-state index contributed by atoms with van der Waals surface area (Å²) in [6, 6.07) is 17.0. The molecule has 0 aliphatic rings. The number of aromatic nitrogens is 1. The van der Waals surface area contributed by atoms with Crippen molar-refractivity contribution >= 4 is 23.1 Å². The number of aliphatic carboxylic acids is 1. The molecule has 3 rings (SSSR count). The fourth-order valence-corrected chi connectivity index (χ4v) is 3.90. The molecule has 1 aromatic heterocycles. The molecule has 0 amide bonds. The summed E-state index contributed by atoms with van der Waals surface area (Å²) in [7, 11) is 0. The maximum atomic E-state index is 12.5. The number of ketones is 1. The average molecular weight is 410 g/mol. The fraction of sp³-hybridized carbons (Fsp3) is 0.261. The van der Waals surface area contributed by atoms with E-state index in [1.165, 1.54) is 11.3 Å². The summed E-state index contributed by atoms with van der Waals surface area (Å²) in [6.07, 6.45) is 0.489. The predicted molar refractivity (Wildman–Crippen MR) is 113 cm³/mol. The predicted octanol–water partition coefficient (Wildman–Crippen LogP) is 4.65. The number of carboxylic acids is 1. The topological polar surface area (TPSA) is 76.5 Å². The molecule has 1 N–H and O–H groups in total. The minimum absolute atomic E-state index is 0.000140. The molecule has 29 heavy (non-hydrogen) atoms. The fourth-order valence-electron chi connectivity index (χ4n) is 3.08. The van der Waals surface area contributed by atoms with Gasteiger partial charge in [-0.2, -0.15) is 0 Å². The van der Waals surface area contributed by atoms with Crippen molar-refractivity contribution in [3.8, 4) is 16.3 Å². The van der Waals surface area contributed by atoms with Crippen LogP contribution in [0.5, 0.6) is 5.75 Å². The van der Waals surface area contributed by atoms with Crippen molar-refractivity contribution < 1.29 is 19.4 Å². The Bertz CT molecular complexity index is 951. The number of rotatable bonds is 10. The summed E-state index contributed by atoms with van der Waals surface area (Å²) in [5.74, 6) is -0.983. The van der Waals surface area contributed by atoms with Crippen molar-refractivity contribution in [3.05, 3.63) is 71.2 Å². The highest BCUT2D eigenvalue weighted by Crippen LogP contribution is 2.26. The van der Waals surface area contributed by atoms with Crippen molar-refractivity contribution in [1.29, 1.82) is 0 Å². The Morgan fingerprint density at radius 3 is 2.48 bits per heavy atom. The molecule has 3 aromatic rings. The first kappa shape index (κ1) is 20.7. The SMILES string of the molecule is CCOc1ccc(-c2nc(CC(=O)C[C@H](Cc3ccccc3)C(=O)O)cs2)cc1. The van der Waals surface area contributed by atoms with Gasteiger partial charge in [-0.15, -0.1) is 11.3 Å². The monoisotopic (exact) mass is 409 g/mol. The maximum Gasteiger partial charge on any atom is 0.307 e. The van der Waals surface area contributed by atoms with Gasteiger partial charge in [0, 0.05) is 23.8 Å². The zero-order valence-electron chi connectivity index (χ0n) is 16.2. The maximum absolute atomic E-state index is 12.5. The molecular weight excluding hydrogens is 386 g/mol. The smallest absolute Gasteiger partial charge is 0.307 e. The molecule has 0 aliphatic heterocycles. The first-order valence-corrected chi connectivity index (χ1v) is 10.4. The van der Waals surface area contributed by atoms with Gasteiger partial charge in [0.25, 0.3) is 0 Å². The lowest BCUT2D eigenvalue weighted by molar-refractivity contribution is -0.143. The average Bonchev–Trinajstić information content (AvgIpc) is 3.17. The summed E-state index contributed by atoms with van der Waals surface area (Å²) in [5.41, 5.74) is 2.55. The van der Waals surface area contributed by atoms with Crippen LogP contribution in [-0.4, -0.2) is 28.4 Å². The van der Waals surface area contributed by atoms with Crippen LogP contribution in [0.4, 0.5) is 0 Å². The normalized spacial score (nSPS) is 11.8. The molecule has 5 nitrogen and oxygen atoms in total. The van der Waals surface area contributed by atoms with Gasteiger partial charge in [-0.25, -0.2) is 4.98 Å². The van der Waals surface area contributed by atoms with Gasteiger partial charge in [0.1, 0.15) is 16.5 Å². The molecule has 0 bridgehead atoms. The molecule has 2 aromatic carbocycles. The molecule has 0 radical (unpaired) electrons. The molecule has 150 valence electrons. The van der Waals surface area contributed by atoms with Gasteiger partial charge < -0.3 is 9.84 Å². The second-order valence-corrected chi connectivity index (χ2v) is 7.60. The first-order chi connectivity index (χ1) is 14.0. The van der Waals surface area contributed by atoms with Crippen LogP contribution in [0.3, 0.4) is 0 Å². The van der Waals surface area contributed by atoms with E-state index in [0.717, 1.165) is 21.9 Å². The highest BCUT2D eigenvalue weighted by Gasteiger charge is 2.22. The Labute approximate surface area is 174 Å². The number of thiazole rings is 1. The lowest BCUT2D eigenvalue weighted by atomic mass is 9.93. The van der Waals surface area contributed by atoms with Crippen LogP contribution in [0.25, 0.3) is 10.6 Å². The Balaban J connectivity index is 1.60. The molecule has 1 heterocycles. The number of carboxylic acid groups (broad SMARTS) is 1. The summed E-state index contributed by atoms with van der Waals surface area (Å²) >= 11 is 1.47. The molecule has 0 saturated heterocycles. The third-order valence-electron chi connectivity index (χ3n) is 4.49. The molecule has 0 spiro atoms. The Morgan fingerprint density at radius 1 is 1.10 bits per heavy atom. The van der Waals surface area contributed by atoms with Crippen LogP contribution in [-0.2, 0) is 22.4 Å². The van der Waals surface area contributed by atoms with Crippen LogP contribution in [0.1, 0.15) is 24.6 Å². The van der Waals surface area contributed by atoms with E-state index in [0.29, 0.717) is 18.7 Å². The number of ether oxygens (including phenoxy) is 1. The first-order valence-electron chi connectivity index (χ1n) is 9.51. The van der Waals surface area contributed by atoms with Crippen molar-refractivity contribution in [1.82, 2.24) is 4.98 Å². The van der Waals surface area contributed by atoms with Crippen LogP contribution < -0.4 is 4.74 Å². The van der Waals surface area contributed by atoms with E-state index in [1.807, 2.05) is 66.9 Å². The van der Waals surface area contributed by atoms with Crippen molar-refractivity contribution in [2.24, 2.45) is 5.92 Å². The molecule has 0 unspecified atom stereocenters. The molecule has 0 fully saturated rings. The van der Waals surface area contributed by atoms with Crippen molar-refractivity contribution in [3.63, 3.8) is 0 Å². The van der Waals surface area contributed by atoms with Gasteiger partial charge in [-0.3, -0.25) is 9.59 Å². The van der Waals surface area contributed by atoms with E-state index in [9.17, 15) is 14.7 Å². The van der Waals surface area contributed by atoms with Gasteiger partial charge in [-0.05, 0) is 43.2 Å². The highest BCUT2D eigenvalue weighted by atomic mass is 32.1. The second kappa shape index (κ2) is 9.98. The van der Waals surface area contributed by atoms with E-state index < -0.39 is 11.9 Å². The number of Topliss-reactive ketones (excluding diaryl/α,β-unsaturated/α-hetero) is 1. The molecule has 6 heteroatoms. The van der Waals surface area contributed by atoms with E-state index in [2.05, 4.69) is 4.98 Å². The van der Waals surface area contributed by atoms with Crippen molar-refractivity contribution in [2.75, 3.05) is 6.61 Å². The van der Waals surface area contributed by atoms with Gasteiger partial charge >= 0.3 is 5.97 Å². The van der Waals surface area contributed by atoms with Gasteiger partial charge in [0.15, 0.2) is 0 Å². The molecular formula is C23H23NO4S. The second-order valence-electron chi connectivity index (χ2n) is 6.75. The summed E-state index contributed by atoms with van der Waals surface area (Å²) in [6.45, 7) is 2.55. The number of benzene rings is 2. The Hall–Kier alpha value is -2.99.